The first kappa shape index (κ1) is 12.9. The van der Waals surface area contributed by atoms with Crippen LogP contribution in [-0.4, -0.2) is 6.54 Å². The zero-order valence-electron chi connectivity index (χ0n) is 8.39. The smallest absolute Gasteiger partial charge is 0.330 e. The normalized spacial score (nSPS) is 13.9. The summed E-state index contributed by atoms with van der Waals surface area (Å²) in [6.07, 6.45) is -4.26. The van der Waals surface area contributed by atoms with E-state index >= 15 is 0 Å². The molecule has 0 aromatic heterocycles. The molecule has 0 spiro atoms. The Hall–Kier alpha value is -1.14. The average molecular weight is 236 g/mol. The third-order valence-corrected chi connectivity index (χ3v) is 2.20. The summed E-state index contributed by atoms with van der Waals surface area (Å²) in [7, 11) is 0. The van der Waals surface area contributed by atoms with E-state index in [0.29, 0.717) is 6.07 Å². The Labute approximate surface area is 90.2 Å². The highest BCUT2D eigenvalue weighted by atomic mass is 19.4. The molecular weight excluding hydrogens is 224 g/mol. The van der Waals surface area contributed by atoms with Crippen molar-refractivity contribution in [2.75, 3.05) is 6.54 Å². The van der Waals surface area contributed by atoms with Crippen LogP contribution >= 0.6 is 0 Å². The molecule has 0 aliphatic rings. The van der Waals surface area contributed by atoms with Gasteiger partial charge in [-0.3, -0.25) is 0 Å². The Balaban J connectivity index is 3.09. The fraction of sp³-hybridized carbons (Fsp3) is 0.400. The van der Waals surface area contributed by atoms with Gasteiger partial charge in [0.15, 0.2) is 0 Å². The molecule has 1 atom stereocenters. The highest BCUT2D eigenvalue weighted by Gasteiger charge is 2.31. The first-order valence-electron chi connectivity index (χ1n) is 4.68. The van der Waals surface area contributed by atoms with Crippen LogP contribution in [0, 0.1) is 5.82 Å². The summed E-state index contributed by atoms with van der Waals surface area (Å²) in [6, 6.07) is 1.38. The van der Waals surface area contributed by atoms with Crippen molar-refractivity contribution in [2.24, 2.45) is 11.5 Å². The molecule has 0 saturated heterocycles. The van der Waals surface area contributed by atoms with E-state index in [1.165, 1.54) is 0 Å². The average Bonchev–Trinajstić information content (AvgIpc) is 2.16. The minimum absolute atomic E-state index is 0.153. The fourth-order valence-electron chi connectivity index (χ4n) is 1.34. The van der Waals surface area contributed by atoms with Crippen LogP contribution in [0.25, 0.3) is 0 Å². The molecule has 0 aliphatic carbocycles. The van der Waals surface area contributed by atoms with Gasteiger partial charge < -0.3 is 11.5 Å². The molecule has 0 saturated carbocycles. The summed E-state index contributed by atoms with van der Waals surface area (Å²) in [6.45, 7) is 0.191. The molecule has 1 aromatic rings. The van der Waals surface area contributed by atoms with Crippen molar-refractivity contribution in [1.29, 1.82) is 0 Å². The van der Waals surface area contributed by atoms with Gasteiger partial charge in [-0.05, 0) is 31.2 Å². The van der Waals surface area contributed by atoms with Crippen LogP contribution < -0.4 is 11.5 Å². The zero-order valence-corrected chi connectivity index (χ0v) is 8.39. The van der Waals surface area contributed by atoms with E-state index < -0.39 is 23.6 Å². The summed E-state index contributed by atoms with van der Waals surface area (Å²) < 4.78 is 50.3. The van der Waals surface area contributed by atoms with Crippen LogP contribution in [0.5, 0.6) is 0 Å². The van der Waals surface area contributed by atoms with Gasteiger partial charge in [0.25, 0.3) is 0 Å². The maximum atomic E-state index is 13.2. The number of hydrogen-bond donors (Lipinski definition) is 2. The third-order valence-electron chi connectivity index (χ3n) is 2.20. The number of nitrogens with two attached hydrogens (primary N) is 2. The highest BCUT2D eigenvalue weighted by Crippen LogP contribution is 2.31. The maximum absolute atomic E-state index is 13.2. The van der Waals surface area contributed by atoms with Gasteiger partial charge in [-0.1, -0.05) is 0 Å². The SMILES string of the molecule is NCC[C@@H](N)c1cc(C(F)(F)F)ccc1F. The van der Waals surface area contributed by atoms with Crippen LogP contribution in [0.4, 0.5) is 17.6 Å². The van der Waals surface area contributed by atoms with Crippen molar-refractivity contribution in [1.82, 2.24) is 0 Å². The minimum Gasteiger partial charge on any atom is -0.330 e. The van der Waals surface area contributed by atoms with Crippen LogP contribution in [0.3, 0.4) is 0 Å². The first-order valence-corrected chi connectivity index (χ1v) is 4.68. The molecule has 0 heterocycles. The molecule has 1 rings (SSSR count). The molecule has 1 aromatic carbocycles. The minimum atomic E-state index is -4.50. The molecule has 0 amide bonds. The lowest BCUT2D eigenvalue weighted by atomic mass is 10.0. The number of benzene rings is 1. The van der Waals surface area contributed by atoms with Crippen molar-refractivity contribution in [3.8, 4) is 0 Å². The van der Waals surface area contributed by atoms with E-state index in [1.54, 1.807) is 0 Å². The molecule has 4 N–H and O–H groups in total. The van der Waals surface area contributed by atoms with E-state index in [2.05, 4.69) is 0 Å². The van der Waals surface area contributed by atoms with Crippen LogP contribution in [0.2, 0.25) is 0 Å². The molecule has 0 unspecified atom stereocenters. The van der Waals surface area contributed by atoms with Gasteiger partial charge >= 0.3 is 6.18 Å². The van der Waals surface area contributed by atoms with E-state index in [1.807, 2.05) is 0 Å². The molecule has 6 heteroatoms. The molecule has 0 aliphatic heterocycles. The third kappa shape index (κ3) is 2.93. The second-order valence-electron chi connectivity index (χ2n) is 3.42. The summed E-state index contributed by atoms with van der Waals surface area (Å²) in [5.74, 6) is -0.742. The van der Waals surface area contributed by atoms with E-state index in [4.69, 9.17) is 11.5 Å². The van der Waals surface area contributed by atoms with Crippen LogP contribution in [0.1, 0.15) is 23.6 Å². The molecule has 0 fully saturated rings. The van der Waals surface area contributed by atoms with Crippen molar-refractivity contribution in [2.45, 2.75) is 18.6 Å². The van der Waals surface area contributed by atoms with Gasteiger partial charge in [0, 0.05) is 11.6 Å². The molecule has 90 valence electrons. The van der Waals surface area contributed by atoms with Crippen LogP contribution in [0.15, 0.2) is 18.2 Å². The van der Waals surface area contributed by atoms with E-state index in [-0.39, 0.29) is 18.5 Å². The second-order valence-corrected chi connectivity index (χ2v) is 3.42. The first-order chi connectivity index (χ1) is 7.36. The van der Waals surface area contributed by atoms with Gasteiger partial charge in [0.05, 0.1) is 5.56 Å². The Morgan fingerprint density at radius 2 is 1.88 bits per heavy atom. The Morgan fingerprint density at radius 1 is 1.25 bits per heavy atom. The largest absolute Gasteiger partial charge is 0.416 e. The maximum Gasteiger partial charge on any atom is 0.416 e. The molecule has 0 radical (unpaired) electrons. The number of hydrogen-bond acceptors (Lipinski definition) is 2. The Morgan fingerprint density at radius 3 is 2.38 bits per heavy atom. The lowest BCUT2D eigenvalue weighted by molar-refractivity contribution is -0.137. The monoisotopic (exact) mass is 236 g/mol. The lowest BCUT2D eigenvalue weighted by Crippen LogP contribution is -2.18. The van der Waals surface area contributed by atoms with Gasteiger partial charge in [0.2, 0.25) is 0 Å². The summed E-state index contributed by atoms with van der Waals surface area (Å²) >= 11 is 0. The lowest BCUT2D eigenvalue weighted by Gasteiger charge is -2.14. The number of halogens is 4. The summed E-state index contributed by atoms with van der Waals surface area (Å²) in [5, 5.41) is 0. The molecule has 2 nitrogen and oxygen atoms in total. The van der Waals surface area contributed by atoms with E-state index in [9.17, 15) is 17.6 Å². The molecule has 16 heavy (non-hydrogen) atoms. The second kappa shape index (κ2) is 4.80. The zero-order chi connectivity index (χ0) is 12.3. The van der Waals surface area contributed by atoms with Gasteiger partial charge in [-0.15, -0.1) is 0 Å². The Kier molecular flexibility index (Phi) is 3.88. The molecule has 0 bridgehead atoms. The fourth-order valence-corrected chi connectivity index (χ4v) is 1.34. The number of alkyl halides is 3. The molecular formula is C10H12F4N2. The van der Waals surface area contributed by atoms with Crippen molar-refractivity contribution in [3.63, 3.8) is 0 Å². The quantitative estimate of drug-likeness (QED) is 0.790. The number of rotatable bonds is 3. The van der Waals surface area contributed by atoms with Crippen molar-refractivity contribution < 1.29 is 17.6 Å². The highest BCUT2D eigenvalue weighted by molar-refractivity contribution is 5.29. The predicted octanol–water partition coefficient (Wildman–Crippen LogP) is 2.19. The van der Waals surface area contributed by atoms with Crippen molar-refractivity contribution >= 4 is 0 Å². The van der Waals surface area contributed by atoms with E-state index in [0.717, 1.165) is 12.1 Å². The summed E-state index contributed by atoms with van der Waals surface area (Å²) in [5.41, 5.74) is 9.69. The van der Waals surface area contributed by atoms with Gasteiger partial charge in [-0.2, -0.15) is 13.2 Å². The predicted molar refractivity (Wildman–Crippen MR) is 52.0 cm³/mol. The Bertz CT molecular complexity index is 362. The van der Waals surface area contributed by atoms with Crippen molar-refractivity contribution in [3.05, 3.63) is 35.1 Å². The van der Waals surface area contributed by atoms with Crippen LogP contribution in [-0.2, 0) is 6.18 Å². The topological polar surface area (TPSA) is 52.0 Å². The summed E-state index contributed by atoms with van der Waals surface area (Å²) in [4.78, 5) is 0. The van der Waals surface area contributed by atoms with Gasteiger partial charge in [0.1, 0.15) is 5.82 Å². The standard InChI is InChI=1S/C10H12F4N2/c11-8-2-1-6(10(12,13)14)5-7(8)9(16)3-4-15/h1-2,5,9H,3-4,15-16H2/t9-/m1/s1. The van der Waals surface area contributed by atoms with Gasteiger partial charge in [-0.25, -0.2) is 4.39 Å².